The van der Waals surface area contributed by atoms with Crippen LogP contribution in [0.5, 0.6) is 0 Å². The third-order valence-electron chi connectivity index (χ3n) is 8.03. The molecule has 1 heterocycles. The number of likely N-dealkylation sites (tertiary alicyclic amines) is 1. The lowest BCUT2D eigenvalue weighted by atomic mass is 9.98. The molecule has 1 fully saturated rings. The summed E-state index contributed by atoms with van der Waals surface area (Å²) in [5, 5.41) is 15.2. The third kappa shape index (κ3) is 7.16. The minimum Gasteiger partial charge on any atom is -0.480 e. The molecule has 0 unspecified atom stereocenters. The largest absolute Gasteiger partial charge is 0.480 e. The van der Waals surface area contributed by atoms with Crippen molar-refractivity contribution >= 4 is 18.0 Å². The van der Waals surface area contributed by atoms with Crippen molar-refractivity contribution in [3.8, 4) is 11.1 Å². The van der Waals surface area contributed by atoms with Gasteiger partial charge >= 0.3 is 12.1 Å². The number of rotatable bonds is 11. The summed E-state index contributed by atoms with van der Waals surface area (Å²) in [5.41, 5.74) is 5.62. The molecule has 220 valence electrons. The molecule has 2 atom stereocenters. The Hall–Kier alpha value is -4.21. The van der Waals surface area contributed by atoms with Gasteiger partial charge in [-0.25, -0.2) is 9.59 Å². The summed E-state index contributed by atoms with van der Waals surface area (Å²) in [6.07, 6.45) is 0.174. The average molecular weight is 572 g/mol. The standard InChI is InChI=1S/C33H37N3O6/c1-22(41-20-23-9-3-2-4-10-23)31(32(38)39)35-30(37)19-36-17-15-24(16-18-36)34-33(40)42-21-29-27-13-7-5-11-25(27)26-12-6-8-14-28(26)29/h2-14,22,24,29,31H,15-21H2,1H3,(H,34,40)(H,35,37)(H,38,39)/t22-,31+/m1/s1. The van der Waals surface area contributed by atoms with Crippen molar-refractivity contribution in [2.75, 3.05) is 26.2 Å². The molecular weight excluding hydrogens is 534 g/mol. The molecule has 0 spiro atoms. The second-order valence-corrected chi connectivity index (χ2v) is 10.9. The van der Waals surface area contributed by atoms with Crippen molar-refractivity contribution in [3.05, 3.63) is 95.6 Å². The Kier molecular flexibility index (Phi) is 9.51. The summed E-state index contributed by atoms with van der Waals surface area (Å²) in [4.78, 5) is 39.1. The summed E-state index contributed by atoms with van der Waals surface area (Å²) < 4.78 is 11.4. The predicted octanol–water partition coefficient (Wildman–Crippen LogP) is 4.16. The average Bonchev–Trinajstić information content (AvgIpc) is 3.32. The van der Waals surface area contributed by atoms with E-state index in [9.17, 15) is 19.5 Å². The van der Waals surface area contributed by atoms with Crippen LogP contribution in [-0.4, -0.2) is 72.4 Å². The van der Waals surface area contributed by atoms with Crippen LogP contribution < -0.4 is 10.6 Å². The first-order valence-corrected chi connectivity index (χ1v) is 14.4. The number of hydrogen-bond acceptors (Lipinski definition) is 6. The van der Waals surface area contributed by atoms with Gasteiger partial charge < -0.3 is 25.2 Å². The van der Waals surface area contributed by atoms with Crippen molar-refractivity contribution in [1.29, 1.82) is 0 Å². The molecule has 1 aliphatic carbocycles. The van der Waals surface area contributed by atoms with Gasteiger partial charge in [-0.1, -0.05) is 78.9 Å². The number of piperidine rings is 1. The molecule has 5 rings (SSSR count). The zero-order valence-corrected chi connectivity index (χ0v) is 23.7. The van der Waals surface area contributed by atoms with E-state index in [-0.39, 0.29) is 37.6 Å². The lowest BCUT2D eigenvalue weighted by molar-refractivity contribution is -0.146. The predicted molar refractivity (Wildman–Crippen MR) is 158 cm³/mol. The Morgan fingerprint density at radius 3 is 2.12 bits per heavy atom. The van der Waals surface area contributed by atoms with Crippen LogP contribution in [0.4, 0.5) is 4.79 Å². The molecule has 0 radical (unpaired) electrons. The molecule has 0 bridgehead atoms. The minimum atomic E-state index is -1.16. The zero-order chi connectivity index (χ0) is 29.5. The first-order chi connectivity index (χ1) is 20.4. The van der Waals surface area contributed by atoms with E-state index in [0.717, 1.165) is 5.56 Å². The molecule has 3 N–H and O–H groups in total. The van der Waals surface area contributed by atoms with Crippen LogP contribution in [-0.2, 0) is 25.7 Å². The molecule has 1 saturated heterocycles. The SMILES string of the molecule is C[C@@H](OCc1ccccc1)[C@H](NC(=O)CN1CCC(NC(=O)OCC2c3ccccc3-c3ccccc32)CC1)C(=O)O. The van der Waals surface area contributed by atoms with E-state index in [1.165, 1.54) is 22.3 Å². The highest BCUT2D eigenvalue weighted by molar-refractivity contribution is 5.85. The van der Waals surface area contributed by atoms with Crippen molar-refractivity contribution in [2.24, 2.45) is 0 Å². The van der Waals surface area contributed by atoms with Gasteiger partial charge in [-0.15, -0.1) is 0 Å². The summed E-state index contributed by atoms with van der Waals surface area (Å²) in [6, 6.07) is 24.7. The number of hydrogen-bond donors (Lipinski definition) is 3. The number of carbonyl (C=O) groups excluding carboxylic acids is 2. The van der Waals surface area contributed by atoms with Gasteiger partial charge in [0.05, 0.1) is 19.3 Å². The molecule has 9 nitrogen and oxygen atoms in total. The van der Waals surface area contributed by atoms with Crippen molar-refractivity contribution < 1.29 is 29.0 Å². The van der Waals surface area contributed by atoms with E-state index in [1.807, 2.05) is 59.5 Å². The topological polar surface area (TPSA) is 117 Å². The van der Waals surface area contributed by atoms with E-state index in [0.29, 0.717) is 25.9 Å². The minimum absolute atomic E-state index is 0.00425. The van der Waals surface area contributed by atoms with Crippen molar-refractivity contribution in [1.82, 2.24) is 15.5 Å². The van der Waals surface area contributed by atoms with Crippen molar-refractivity contribution in [3.63, 3.8) is 0 Å². The first kappa shape index (κ1) is 29.3. The number of aliphatic carboxylic acids is 1. The summed E-state index contributed by atoms with van der Waals surface area (Å²) in [5.74, 6) is -1.51. The fraction of sp³-hybridized carbons (Fsp3) is 0.364. The van der Waals surface area contributed by atoms with Crippen LogP contribution in [0.2, 0.25) is 0 Å². The van der Waals surface area contributed by atoms with Crippen LogP contribution in [0.25, 0.3) is 11.1 Å². The van der Waals surface area contributed by atoms with Gasteiger partial charge in [0.1, 0.15) is 6.61 Å². The number of carbonyl (C=O) groups is 3. The van der Waals surface area contributed by atoms with Gasteiger partial charge in [-0.3, -0.25) is 9.69 Å². The van der Waals surface area contributed by atoms with E-state index >= 15 is 0 Å². The van der Waals surface area contributed by atoms with Crippen LogP contribution in [0.3, 0.4) is 0 Å². The van der Waals surface area contributed by atoms with E-state index in [2.05, 4.69) is 34.9 Å². The molecule has 3 aromatic carbocycles. The van der Waals surface area contributed by atoms with Gasteiger partial charge in [0.15, 0.2) is 6.04 Å². The van der Waals surface area contributed by atoms with Crippen LogP contribution in [0.1, 0.15) is 42.4 Å². The van der Waals surface area contributed by atoms with Gasteiger partial charge in [0, 0.05) is 25.0 Å². The van der Waals surface area contributed by atoms with Gasteiger partial charge in [-0.2, -0.15) is 0 Å². The number of fused-ring (bicyclic) bond motifs is 3. The number of alkyl carbamates (subject to hydrolysis) is 1. The molecule has 0 aromatic heterocycles. The maximum absolute atomic E-state index is 12.7. The van der Waals surface area contributed by atoms with Gasteiger partial charge in [-0.05, 0) is 47.6 Å². The Bertz CT molecular complexity index is 1340. The zero-order valence-electron chi connectivity index (χ0n) is 23.7. The first-order valence-electron chi connectivity index (χ1n) is 14.4. The molecule has 3 aromatic rings. The number of ether oxygens (including phenoxy) is 2. The lowest BCUT2D eigenvalue weighted by Crippen LogP contribution is -2.52. The lowest BCUT2D eigenvalue weighted by Gasteiger charge is -2.32. The fourth-order valence-corrected chi connectivity index (χ4v) is 5.74. The molecule has 0 saturated carbocycles. The number of nitrogens with zero attached hydrogens (tertiary/aromatic N) is 1. The summed E-state index contributed by atoms with van der Waals surface area (Å²) in [7, 11) is 0. The molecular formula is C33H37N3O6. The number of amides is 2. The van der Waals surface area contributed by atoms with Crippen molar-refractivity contribution in [2.45, 2.75) is 50.5 Å². The van der Waals surface area contributed by atoms with Gasteiger partial charge in [0.2, 0.25) is 5.91 Å². The summed E-state index contributed by atoms with van der Waals surface area (Å²) >= 11 is 0. The van der Waals surface area contributed by atoms with Crippen LogP contribution in [0.15, 0.2) is 78.9 Å². The Morgan fingerprint density at radius 1 is 0.905 bits per heavy atom. The van der Waals surface area contributed by atoms with Crippen LogP contribution in [0, 0.1) is 0 Å². The van der Waals surface area contributed by atoms with E-state index in [1.54, 1.807) is 6.92 Å². The highest BCUT2D eigenvalue weighted by Crippen LogP contribution is 2.44. The second kappa shape index (κ2) is 13.6. The number of carboxylic acids is 1. The van der Waals surface area contributed by atoms with E-state index < -0.39 is 24.2 Å². The number of carboxylic acid groups (broad SMARTS) is 1. The third-order valence-corrected chi connectivity index (χ3v) is 8.03. The maximum atomic E-state index is 12.7. The fourth-order valence-electron chi connectivity index (χ4n) is 5.74. The molecule has 9 heteroatoms. The second-order valence-electron chi connectivity index (χ2n) is 10.9. The Morgan fingerprint density at radius 2 is 1.50 bits per heavy atom. The highest BCUT2D eigenvalue weighted by Gasteiger charge is 2.31. The molecule has 2 amide bonds. The normalized spacial score (nSPS) is 16.6. The number of nitrogens with one attached hydrogen (secondary N) is 2. The van der Waals surface area contributed by atoms with Crippen LogP contribution >= 0.6 is 0 Å². The molecule has 1 aliphatic heterocycles. The quantitative estimate of drug-likeness (QED) is 0.316. The Labute approximate surface area is 245 Å². The number of benzene rings is 3. The summed E-state index contributed by atoms with van der Waals surface area (Å²) in [6.45, 7) is 3.43. The highest BCUT2D eigenvalue weighted by atomic mass is 16.5. The van der Waals surface area contributed by atoms with Gasteiger partial charge in [0.25, 0.3) is 0 Å². The molecule has 2 aliphatic rings. The van der Waals surface area contributed by atoms with E-state index in [4.69, 9.17) is 9.47 Å². The monoisotopic (exact) mass is 571 g/mol. The Balaban J connectivity index is 1.04. The smallest absolute Gasteiger partial charge is 0.407 e. The molecule has 42 heavy (non-hydrogen) atoms. The maximum Gasteiger partial charge on any atom is 0.407 e.